The van der Waals surface area contributed by atoms with Gasteiger partial charge in [0.25, 0.3) is 6.33 Å². The molecule has 26 heavy (non-hydrogen) atoms. The first kappa shape index (κ1) is 15.9. The zero-order valence-electron chi connectivity index (χ0n) is 15.5. The first-order chi connectivity index (χ1) is 12.4. The summed E-state index contributed by atoms with van der Waals surface area (Å²) < 4.78 is 10.0. The average molecular weight is 379 g/mol. The number of ether oxygens (including phenoxy) is 1. The van der Waals surface area contributed by atoms with Gasteiger partial charge in [-0.3, -0.25) is 4.98 Å². The molecule has 1 aliphatic rings. The van der Waals surface area contributed by atoms with Crippen LogP contribution in [0.15, 0.2) is 30.7 Å². The van der Waals surface area contributed by atoms with Crippen LogP contribution in [0.3, 0.4) is 0 Å². The van der Waals surface area contributed by atoms with E-state index in [1.54, 1.807) is 11.3 Å². The summed E-state index contributed by atoms with van der Waals surface area (Å²) in [5, 5.41) is 2.33. The van der Waals surface area contributed by atoms with Crippen LogP contribution in [0.4, 0.5) is 0 Å². The van der Waals surface area contributed by atoms with Crippen LogP contribution in [-0.4, -0.2) is 18.0 Å². The lowest BCUT2D eigenvalue weighted by Gasteiger charge is -2.23. The number of hydrogen-bond acceptors (Lipinski definition) is 4. The van der Waals surface area contributed by atoms with Gasteiger partial charge in [-0.1, -0.05) is 37.0 Å². The van der Waals surface area contributed by atoms with E-state index in [-0.39, 0.29) is 0 Å². The molecule has 6 heteroatoms. The van der Waals surface area contributed by atoms with Gasteiger partial charge in [-0.15, -0.1) is 0 Å². The molecule has 0 fully saturated rings. The minimum absolute atomic E-state index is 0.905. The molecule has 1 aliphatic heterocycles. The lowest BCUT2D eigenvalue weighted by molar-refractivity contribution is -0.662. The average Bonchev–Trinajstić information content (AvgIpc) is 2.97. The predicted molar refractivity (Wildman–Crippen MR) is 109 cm³/mol. The van der Waals surface area contributed by atoms with Crippen LogP contribution in [0.1, 0.15) is 5.56 Å². The molecule has 0 aliphatic carbocycles. The zero-order valence-corrected chi connectivity index (χ0v) is 17.4. The molecule has 0 saturated carbocycles. The van der Waals surface area contributed by atoms with Crippen molar-refractivity contribution in [1.82, 2.24) is 9.97 Å². The molecule has 4 aromatic rings. The number of aromatic nitrogens is 3. The van der Waals surface area contributed by atoms with E-state index < -0.39 is 8.07 Å². The van der Waals surface area contributed by atoms with Crippen LogP contribution in [-0.2, 0) is 7.05 Å². The van der Waals surface area contributed by atoms with Crippen molar-refractivity contribution in [2.75, 3.05) is 0 Å². The highest BCUT2D eigenvalue weighted by atomic mass is 32.1. The Labute approximate surface area is 157 Å². The second-order valence-corrected chi connectivity index (χ2v) is 14.3. The minimum atomic E-state index is -1.55. The molecule has 1 aromatic carbocycles. The number of aryl methyl sites for hydroxylation is 2. The van der Waals surface area contributed by atoms with Crippen molar-refractivity contribution in [1.29, 1.82) is 0 Å². The van der Waals surface area contributed by atoms with E-state index in [0.29, 0.717) is 0 Å². The normalized spacial score (nSPS) is 13.1. The molecule has 0 saturated heterocycles. The summed E-state index contributed by atoms with van der Waals surface area (Å²) in [7, 11) is 0.521. The number of thiophene rings is 1. The number of nitrogens with zero attached hydrogens (tertiary/aromatic N) is 3. The quantitative estimate of drug-likeness (QED) is 0.322. The SMILES string of the molecule is Cc1c2c(cc3ncccc13)Oc1c([Si](C)(C)C)sc3nc[n+](C)c-2c13. The summed E-state index contributed by atoms with van der Waals surface area (Å²) in [5.74, 6) is 1.92. The van der Waals surface area contributed by atoms with Crippen molar-refractivity contribution >= 4 is 45.0 Å². The van der Waals surface area contributed by atoms with Gasteiger partial charge in [0.2, 0.25) is 4.83 Å². The Kier molecular flexibility index (Phi) is 3.13. The fourth-order valence-electron chi connectivity index (χ4n) is 3.82. The summed E-state index contributed by atoms with van der Waals surface area (Å²) in [6, 6.07) is 6.21. The van der Waals surface area contributed by atoms with E-state index in [4.69, 9.17) is 9.72 Å². The molecule has 130 valence electrons. The Morgan fingerprint density at radius 2 is 2.00 bits per heavy atom. The Morgan fingerprint density at radius 3 is 2.77 bits per heavy atom. The Bertz CT molecular complexity index is 1220. The summed E-state index contributed by atoms with van der Waals surface area (Å²) in [5.41, 5.74) is 4.55. The van der Waals surface area contributed by atoms with Crippen LogP contribution in [0, 0.1) is 6.92 Å². The summed E-state index contributed by atoms with van der Waals surface area (Å²) in [4.78, 5) is 10.3. The molecule has 3 aromatic heterocycles. The zero-order chi connectivity index (χ0) is 18.2. The van der Waals surface area contributed by atoms with Gasteiger partial charge in [0, 0.05) is 22.1 Å². The first-order valence-corrected chi connectivity index (χ1v) is 13.1. The van der Waals surface area contributed by atoms with Crippen LogP contribution >= 0.6 is 11.3 Å². The molecular weight excluding hydrogens is 358 g/mol. The molecular formula is C20H20N3OSSi+. The molecule has 0 atom stereocenters. The third kappa shape index (κ3) is 2.03. The van der Waals surface area contributed by atoms with Gasteiger partial charge < -0.3 is 4.74 Å². The molecule has 0 spiro atoms. The van der Waals surface area contributed by atoms with Crippen molar-refractivity contribution in [2.24, 2.45) is 7.05 Å². The number of pyridine rings is 1. The maximum absolute atomic E-state index is 6.54. The second kappa shape index (κ2) is 5.11. The van der Waals surface area contributed by atoms with Crippen molar-refractivity contribution in [3.8, 4) is 22.8 Å². The Hall–Kier alpha value is -2.31. The van der Waals surface area contributed by atoms with E-state index in [1.807, 2.05) is 18.6 Å². The topological polar surface area (TPSA) is 38.9 Å². The van der Waals surface area contributed by atoms with Crippen LogP contribution < -0.4 is 13.8 Å². The van der Waals surface area contributed by atoms with Crippen molar-refractivity contribution in [3.05, 3.63) is 36.3 Å². The van der Waals surface area contributed by atoms with E-state index >= 15 is 0 Å². The maximum Gasteiger partial charge on any atom is 0.288 e. The molecule has 0 amide bonds. The fourth-order valence-corrected chi connectivity index (χ4v) is 7.01. The van der Waals surface area contributed by atoms with E-state index in [1.165, 1.54) is 21.1 Å². The lowest BCUT2D eigenvalue weighted by Crippen LogP contribution is -2.36. The van der Waals surface area contributed by atoms with Crippen molar-refractivity contribution in [2.45, 2.75) is 26.6 Å². The van der Waals surface area contributed by atoms with E-state index in [9.17, 15) is 0 Å². The molecule has 5 rings (SSSR count). The van der Waals surface area contributed by atoms with Crippen LogP contribution in [0.25, 0.3) is 32.4 Å². The summed E-state index contributed by atoms with van der Waals surface area (Å²) in [6.45, 7) is 9.25. The number of benzene rings is 1. The largest absolute Gasteiger partial charge is 0.455 e. The van der Waals surface area contributed by atoms with Gasteiger partial charge >= 0.3 is 0 Å². The molecule has 0 bridgehead atoms. The van der Waals surface area contributed by atoms with E-state index in [2.05, 4.69) is 55.3 Å². The highest BCUT2D eigenvalue weighted by Gasteiger charge is 2.36. The molecule has 0 N–H and O–H groups in total. The maximum atomic E-state index is 6.54. The second-order valence-electron chi connectivity index (χ2n) is 7.94. The molecule has 4 heterocycles. The summed E-state index contributed by atoms with van der Waals surface area (Å²) in [6.07, 6.45) is 3.76. The highest BCUT2D eigenvalue weighted by molar-refractivity contribution is 7.31. The number of fused-ring (bicyclic) bond motifs is 3. The Balaban J connectivity index is 1.97. The standard InChI is InChI=1S/C20H20N3OSSi/c1-11-12-7-6-8-21-13(12)9-14-15(11)17-16-18(24-14)20(26(3,4)5)25-19(16)22-10-23(17)2/h6-10H,1-5H3/q+1. The van der Waals surface area contributed by atoms with Gasteiger partial charge in [0.05, 0.1) is 26.2 Å². The molecule has 4 nitrogen and oxygen atoms in total. The van der Waals surface area contributed by atoms with Gasteiger partial charge in [-0.25, -0.2) is 4.57 Å². The van der Waals surface area contributed by atoms with E-state index in [0.717, 1.165) is 32.8 Å². The predicted octanol–water partition coefficient (Wildman–Crippen LogP) is 4.30. The van der Waals surface area contributed by atoms with Crippen molar-refractivity contribution < 1.29 is 9.30 Å². The van der Waals surface area contributed by atoms with Crippen LogP contribution in [0.5, 0.6) is 11.5 Å². The third-order valence-corrected chi connectivity index (χ3v) is 9.67. The number of rotatable bonds is 1. The molecule has 0 unspecified atom stereocenters. The third-order valence-electron chi connectivity index (χ3n) is 5.05. The smallest absolute Gasteiger partial charge is 0.288 e. The van der Waals surface area contributed by atoms with Gasteiger partial charge in [0.1, 0.15) is 11.1 Å². The van der Waals surface area contributed by atoms with Crippen LogP contribution in [0.2, 0.25) is 19.6 Å². The molecule has 0 radical (unpaired) electrons. The number of hydrogen-bond donors (Lipinski definition) is 0. The van der Waals surface area contributed by atoms with Crippen molar-refractivity contribution in [3.63, 3.8) is 0 Å². The van der Waals surface area contributed by atoms with Gasteiger partial charge in [-0.05, 0) is 23.5 Å². The monoisotopic (exact) mass is 378 g/mol. The lowest BCUT2D eigenvalue weighted by atomic mass is 9.96. The fraction of sp³-hybridized carbons (Fsp3) is 0.250. The Morgan fingerprint density at radius 1 is 1.19 bits per heavy atom. The van der Waals surface area contributed by atoms with Gasteiger partial charge in [-0.2, -0.15) is 0 Å². The highest BCUT2D eigenvalue weighted by Crippen LogP contribution is 2.49. The minimum Gasteiger partial charge on any atom is -0.455 e. The summed E-state index contributed by atoms with van der Waals surface area (Å²) >= 11 is 1.80. The van der Waals surface area contributed by atoms with Gasteiger partial charge in [0.15, 0.2) is 11.4 Å². The first-order valence-electron chi connectivity index (χ1n) is 8.74.